The van der Waals surface area contributed by atoms with Crippen LogP contribution in [-0.4, -0.2) is 17.3 Å². The Bertz CT molecular complexity index is 740. The quantitative estimate of drug-likeness (QED) is 0.749. The number of ether oxygens (including phenoxy) is 1. The molecule has 126 valence electrons. The molecule has 0 unspecified atom stereocenters. The average Bonchev–Trinajstić information content (AvgIpc) is 2.57. The highest BCUT2D eigenvalue weighted by Gasteiger charge is 2.22. The number of allylic oxidation sites excluding steroid dienone is 2. The summed E-state index contributed by atoms with van der Waals surface area (Å²) in [5.74, 6) is 1.09. The monoisotopic (exact) mass is 324 g/mol. The fraction of sp³-hybridized carbons (Fsp3) is 0.238. The molecule has 2 rings (SSSR count). The Hall–Kier alpha value is -2.68. The number of methoxy groups -OCH3 is 1. The van der Waals surface area contributed by atoms with Crippen molar-refractivity contribution < 1.29 is 14.9 Å². The second-order valence-corrected chi connectivity index (χ2v) is 6.31. The molecule has 2 aromatic rings. The molecule has 0 fully saturated rings. The Kier molecular flexibility index (Phi) is 5.35. The van der Waals surface area contributed by atoms with Crippen LogP contribution >= 0.6 is 0 Å². The van der Waals surface area contributed by atoms with Crippen molar-refractivity contribution in [3.05, 3.63) is 71.8 Å². The van der Waals surface area contributed by atoms with E-state index in [9.17, 15) is 10.2 Å². The first-order valence-corrected chi connectivity index (χ1v) is 7.87. The SMILES string of the molecule is C=CC(C)(C)c1cc(/C=C/Cc2ccc(O)cc2)c(OC)cc1O. The third-order valence-electron chi connectivity index (χ3n) is 4.14. The smallest absolute Gasteiger partial charge is 0.129 e. The summed E-state index contributed by atoms with van der Waals surface area (Å²) < 4.78 is 5.38. The van der Waals surface area contributed by atoms with Gasteiger partial charge in [0.2, 0.25) is 0 Å². The van der Waals surface area contributed by atoms with E-state index in [0.717, 1.165) is 23.1 Å². The Labute approximate surface area is 143 Å². The van der Waals surface area contributed by atoms with Crippen LogP contribution in [0.25, 0.3) is 6.08 Å². The fourth-order valence-electron chi connectivity index (χ4n) is 2.47. The summed E-state index contributed by atoms with van der Waals surface area (Å²) in [5, 5.41) is 19.6. The van der Waals surface area contributed by atoms with Crippen molar-refractivity contribution in [1.82, 2.24) is 0 Å². The van der Waals surface area contributed by atoms with Crippen LogP contribution in [0.4, 0.5) is 0 Å². The zero-order valence-corrected chi connectivity index (χ0v) is 14.4. The summed E-state index contributed by atoms with van der Waals surface area (Å²) in [7, 11) is 1.59. The normalized spacial score (nSPS) is 11.6. The topological polar surface area (TPSA) is 49.7 Å². The molecule has 0 heterocycles. The third kappa shape index (κ3) is 3.99. The number of hydrogen-bond donors (Lipinski definition) is 2. The molecule has 0 spiro atoms. The van der Waals surface area contributed by atoms with Crippen LogP contribution in [0.15, 0.2) is 55.1 Å². The predicted molar refractivity (Wildman–Crippen MR) is 98.7 cm³/mol. The van der Waals surface area contributed by atoms with Crippen LogP contribution in [0.5, 0.6) is 17.2 Å². The molecule has 0 aliphatic rings. The van der Waals surface area contributed by atoms with Crippen molar-refractivity contribution in [2.24, 2.45) is 0 Å². The minimum Gasteiger partial charge on any atom is -0.508 e. The second kappa shape index (κ2) is 7.26. The summed E-state index contributed by atoms with van der Waals surface area (Å²) in [6.45, 7) is 7.86. The van der Waals surface area contributed by atoms with Gasteiger partial charge in [-0.15, -0.1) is 6.58 Å². The maximum absolute atomic E-state index is 10.3. The van der Waals surface area contributed by atoms with E-state index in [0.29, 0.717) is 5.75 Å². The van der Waals surface area contributed by atoms with Gasteiger partial charge >= 0.3 is 0 Å². The van der Waals surface area contributed by atoms with E-state index < -0.39 is 0 Å². The van der Waals surface area contributed by atoms with E-state index >= 15 is 0 Å². The Balaban J connectivity index is 2.30. The molecule has 0 bridgehead atoms. The van der Waals surface area contributed by atoms with Gasteiger partial charge in [-0.2, -0.15) is 0 Å². The van der Waals surface area contributed by atoms with E-state index in [1.807, 2.05) is 50.3 Å². The van der Waals surface area contributed by atoms with Crippen molar-refractivity contribution in [3.63, 3.8) is 0 Å². The van der Waals surface area contributed by atoms with Crippen molar-refractivity contribution in [1.29, 1.82) is 0 Å². The molecule has 2 N–H and O–H groups in total. The molecule has 3 nitrogen and oxygen atoms in total. The molecule has 0 aromatic heterocycles. The van der Waals surface area contributed by atoms with Crippen LogP contribution in [0.1, 0.15) is 30.5 Å². The number of benzene rings is 2. The van der Waals surface area contributed by atoms with Crippen LogP contribution in [-0.2, 0) is 11.8 Å². The minimum atomic E-state index is -0.337. The highest BCUT2D eigenvalue weighted by molar-refractivity contribution is 5.63. The molecule has 0 amide bonds. The molecule has 24 heavy (non-hydrogen) atoms. The van der Waals surface area contributed by atoms with E-state index in [2.05, 4.69) is 6.58 Å². The van der Waals surface area contributed by atoms with Crippen molar-refractivity contribution >= 4 is 6.08 Å². The standard InChI is InChI=1S/C21H24O3/c1-5-21(2,3)18-13-16(20(24-4)14-19(18)23)8-6-7-15-9-11-17(22)12-10-15/h5-6,8-14,22-23H,1,7H2,2-4H3/b8-6+. The molecule has 0 aliphatic carbocycles. The zero-order chi connectivity index (χ0) is 17.7. The maximum Gasteiger partial charge on any atom is 0.129 e. The van der Waals surface area contributed by atoms with E-state index in [4.69, 9.17) is 4.74 Å². The second-order valence-electron chi connectivity index (χ2n) is 6.31. The third-order valence-corrected chi connectivity index (χ3v) is 4.14. The molecule has 0 atom stereocenters. The summed E-state index contributed by atoms with van der Waals surface area (Å²) in [5.41, 5.74) is 2.48. The predicted octanol–water partition coefficient (Wildman–Crippen LogP) is 4.83. The summed E-state index contributed by atoms with van der Waals surface area (Å²) in [6, 6.07) is 10.7. The lowest BCUT2D eigenvalue weighted by Gasteiger charge is -2.23. The van der Waals surface area contributed by atoms with Crippen molar-refractivity contribution in [2.75, 3.05) is 7.11 Å². The van der Waals surface area contributed by atoms with Crippen LogP contribution in [0.3, 0.4) is 0 Å². The Morgan fingerprint density at radius 1 is 1.12 bits per heavy atom. The number of rotatable bonds is 6. The van der Waals surface area contributed by atoms with Gasteiger partial charge < -0.3 is 14.9 Å². The van der Waals surface area contributed by atoms with Gasteiger partial charge in [0.05, 0.1) is 7.11 Å². The van der Waals surface area contributed by atoms with E-state index in [-0.39, 0.29) is 16.9 Å². The highest BCUT2D eigenvalue weighted by atomic mass is 16.5. The number of aromatic hydroxyl groups is 2. The molecular formula is C21H24O3. The first-order valence-electron chi connectivity index (χ1n) is 7.87. The van der Waals surface area contributed by atoms with Gasteiger partial charge in [0, 0.05) is 22.6 Å². The van der Waals surface area contributed by atoms with Crippen LogP contribution in [0.2, 0.25) is 0 Å². The van der Waals surface area contributed by atoms with Crippen LogP contribution < -0.4 is 4.74 Å². The van der Waals surface area contributed by atoms with Gasteiger partial charge in [-0.25, -0.2) is 0 Å². The van der Waals surface area contributed by atoms with Gasteiger partial charge in [-0.1, -0.05) is 44.2 Å². The lowest BCUT2D eigenvalue weighted by Crippen LogP contribution is -2.13. The molecule has 0 saturated carbocycles. The summed E-state index contributed by atoms with van der Waals surface area (Å²) >= 11 is 0. The van der Waals surface area contributed by atoms with E-state index in [1.165, 1.54) is 0 Å². The van der Waals surface area contributed by atoms with Gasteiger partial charge in [0.25, 0.3) is 0 Å². The maximum atomic E-state index is 10.3. The molecule has 2 aromatic carbocycles. The van der Waals surface area contributed by atoms with Gasteiger partial charge in [0.15, 0.2) is 0 Å². The molecule has 0 saturated heterocycles. The molecule has 0 radical (unpaired) electrons. The number of phenolic OH excluding ortho intramolecular Hbond substituents is 2. The molecular weight excluding hydrogens is 300 g/mol. The minimum absolute atomic E-state index is 0.201. The van der Waals surface area contributed by atoms with E-state index in [1.54, 1.807) is 25.3 Å². The lowest BCUT2D eigenvalue weighted by atomic mass is 9.83. The Morgan fingerprint density at radius 2 is 1.79 bits per heavy atom. The summed E-state index contributed by atoms with van der Waals surface area (Å²) in [4.78, 5) is 0. The lowest BCUT2D eigenvalue weighted by molar-refractivity contribution is 0.403. The number of phenols is 2. The van der Waals surface area contributed by atoms with Crippen LogP contribution in [0, 0.1) is 0 Å². The largest absolute Gasteiger partial charge is 0.508 e. The summed E-state index contributed by atoms with van der Waals surface area (Å²) in [6.07, 6.45) is 6.57. The number of hydrogen-bond acceptors (Lipinski definition) is 3. The van der Waals surface area contributed by atoms with Crippen molar-refractivity contribution in [3.8, 4) is 17.2 Å². The highest BCUT2D eigenvalue weighted by Crippen LogP contribution is 2.37. The Morgan fingerprint density at radius 3 is 2.38 bits per heavy atom. The van der Waals surface area contributed by atoms with Gasteiger partial charge in [-0.3, -0.25) is 0 Å². The average molecular weight is 324 g/mol. The first kappa shape index (κ1) is 17.7. The fourth-order valence-corrected chi connectivity index (χ4v) is 2.47. The molecule has 0 aliphatic heterocycles. The molecule has 3 heteroatoms. The van der Waals surface area contributed by atoms with Gasteiger partial charge in [0.1, 0.15) is 17.2 Å². The van der Waals surface area contributed by atoms with Gasteiger partial charge in [-0.05, 0) is 30.2 Å². The zero-order valence-electron chi connectivity index (χ0n) is 14.4. The first-order chi connectivity index (χ1) is 11.4. The van der Waals surface area contributed by atoms with Crippen molar-refractivity contribution in [2.45, 2.75) is 25.7 Å².